The van der Waals surface area contributed by atoms with Gasteiger partial charge in [0.05, 0.1) is 4.29 Å². The van der Waals surface area contributed by atoms with Gasteiger partial charge in [-0.2, -0.15) is 26.3 Å². The van der Waals surface area contributed by atoms with Crippen molar-refractivity contribution in [1.29, 1.82) is 0 Å². The van der Waals surface area contributed by atoms with E-state index in [0.717, 1.165) is 0 Å². The second-order valence-electron chi connectivity index (χ2n) is 3.60. The van der Waals surface area contributed by atoms with E-state index in [1.165, 1.54) is 0 Å². The zero-order chi connectivity index (χ0) is 17.4. The minimum Gasteiger partial charge on any atom is -0.219 e. The molecule has 0 heterocycles. The van der Waals surface area contributed by atoms with Crippen LogP contribution >= 0.6 is 73.9 Å². The second-order valence-corrected chi connectivity index (χ2v) is 7.68. The quantitative estimate of drug-likeness (QED) is 0.278. The Morgan fingerprint density at radius 1 is 0.905 bits per heavy atom. The number of alkyl halides is 10. The van der Waals surface area contributed by atoms with Gasteiger partial charge in [-0.25, -0.2) is 4.39 Å². The van der Waals surface area contributed by atoms with Gasteiger partial charge in [-0.1, -0.05) is 62.3 Å². The number of allylic oxidation sites excluding steroid dienone is 1. The van der Waals surface area contributed by atoms with E-state index in [0.29, 0.717) is 0 Å². The molecule has 21 heavy (non-hydrogen) atoms. The number of rotatable bonds is 6. The Hall–Kier alpha value is 1.18. The van der Waals surface area contributed by atoms with Gasteiger partial charge in [0.15, 0.2) is 0 Å². The lowest BCUT2D eigenvalue weighted by Gasteiger charge is -2.37. The van der Waals surface area contributed by atoms with Gasteiger partial charge >= 0.3 is 17.8 Å². The molecule has 0 saturated heterocycles. The average Bonchev–Trinajstić information content (AvgIpc) is 2.24. The molecule has 0 aromatic rings. The van der Waals surface area contributed by atoms with Crippen molar-refractivity contribution in [3.8, 4) is 0 Å². The van der Waals surface area contributed by atoms with Crippen LogP contribution in [-0.4, -0.2) is 27.2 Å². The van der Waals surface area contributed by atoms with Gasteiger partial charge in [-0.15, -0.1) is 11.6 Å². The lowest BCUT2D eigenvalue weighted by atomic mass is 9.98. The van der Waals surface area contributed by atoms with Crippen LogP contribution in [0.15, 0.2) is 9.52 Å². The Bertz CT molecular complexity index is 419. The van der Waals surface area contributed by atoms with Gasteiger partial charge in [0.2, 0.25) is 0 Å². The van der Waals surface area contributed by atoms with E-state index in [-0.39, 0.29) is 0 Å². The van der Waals surface area contributed by atoms with Crippen molar-refractivity contribution in [3.63, 3.8) is 0 Å². The molecule has 0 aromatic carbocycles. The monoisotopic (exact) mass is 486 g/mol. The maximum absolute atomic E-state index is 13.6. The Kier molecular flexibility index (Phi) is 7.36. The lowest BCUT2D eigenvalue weighted by molar-refractivity contribution is -0.318. The first-order chi connectivity index (χ1) is 9.02. The normalized spacial score (nSPS) is 18.1. The zero-order valence-electron chi connectivity index (χ0n) is 9.20. The molecule has 126 valence electrons. The standard InChI is InChI=1S/C8H3BrCl5F7/c9-2(10)1-5(14,15)7(18,19)8(20,21)6(16,17)3(11)4(12)13/h2H,1H2. The summed E-state index contributed by atoms with van der Waals surface area (Å²) in [5, 5.41) is -6.89. The van der Waals surface area contributed by atoms with E-state index < -0.39 is 43.1 Å². The van der Waals surface area contributed by atoms with E-state index in [4.69, 9.17) is 46.4 Å². The molecular weight excluding hydrogens is 486 g/mol. The molecule has 2 unspecified atom stereocenters. The van der Waals surface area contributed by atoms with Crippen molar-refractivity contribution in [2.75, 3.05) is 0 Å². The highest BCUT2D eigenvalue weighted by atomic mass is 79.9. The third-order valence-corrected chi connectivity index (χ3v) is 3.97. The molecule has 0 aliphatic rings. The Morgan fingerprint density at radius 2 is 1.29 bits per heavy atom. The highest BCUT2D eigenvalue weighted by molar-refractivity contribution is 9.10. The fraction of sp³-hybridized carbons (Fsp3) is 0.750. The summed E-state index contributed by atoms with van der Waals surface area (Å²) in [5.41, 5.74) is 0. The number of hydrogen-bond donors (Lipinski definition) is 0. The van der Waals surface area contributed by atoms with E-state index in [1.807, 2.05) is 0 Å². The van der Waals surface area contributed by atoms with Crippen LogP contribution in [0, 0.1) is 0 Å². The SMILES string of the molecule is FC(Cl)(CC(Cl)Br)C(F)(F)C(F)(F)C(F)(F)C(Cl)=C(Cl)Cl. The zero-order valence-corrected chi connectivity index (χ0v) is 14.6. The van der Waals surface area contributed by atoms with Crippen molar-refractivity contribution in [2.24, 2.45) is 0 Å². The first-order valence-electron chi connectivity index (χ1n) is 4.53. The molecular formula is C8H3BrCl5F7. The predicted octanol–water partition coefficient (Wildman–Crippen LogP) is 7.03. The Morgan fingerprint density at radius 3 is 1.57 bits per heavy atom. The van der Waals surface area contributed by atoms with Crippen LogP contribution in [0.1, 0.15) is 6.42 Å². The van der Waals surface area contributed by atoms with Gasteiger partial charge in [-0.05, 0) is 0 Å². The summed E-state index contributed by atoms with van der Waals surface area (Å²) in [6.45, 7) is 0. The summed E-state index contributed by atoms with van der Waals surface area (Å²) in [7, 11) is 0. The molecule has 0 aromatic heterocycles. The molecule has 0 fully saturated rings. The highest BCUT2D eigenvalue weighted by Gasteiger charge is 2.80. The maximum Gasteiger partial charge on any atom is 0.381 e. The third-order valence-electron chi connectivity index (χ3n) is 2.10. The molecule has 0 nitrogen and oxygen atoms in total. The first-order valence-corrected chi connectivity index (χ1v) is 7.39. The minimum absolute atomic E-state index is 1.59. The smallest absolute Gasteiger partial charge is 0.219 e. The fourth-order valence-electron chi connectivity index (χ4n) is 1.01. The summed E-state index contributed by atoms with van der Waals surface area (Å²) in [6.07, 6.45) is -1.62. The third kappa shape index (κ3) is 4.18. The van der Waals surface area contributed by atoms with Crippen molar-refractivity contribution >= 4 is 73.9 Å². The second kappa shape index (κ2) is 6.97. The number of hydrogen-bond acceptors (Lipinski definition) is 0. The van der Waals surface area contributed by atoms with Gasteiger partial charge < -0.3 is 0 Å². The van der Waals surface area contributed by atoms with Gasteiger partial charge in [-0.3, -0.25) is 0 Å². The molecule has 0 spiro atoms. The Labute approximate surface area is 147 Å². The molecule has 0 amide bonds. The Balaban J connectivity index is 5.94. The first kappa shape index (κ1) is 22.2. The summed E-state index contributed by atoms with van der Waals surface area (Å²) in [6, 6.07) is 0. The lowest BCUT2D eigenvalue weighted by Crippen LogP contribution is -2.62. The van der Waals surface area contributed by atoms with Crippen molar-refractivity contribution in [3.05, 3.63) is 9.52 Å². The molecule has 13 heteroatoms. The van der Waals surface area contributed by atoms with Gasteiger partial charge in [0, 0.05) is 6.42 Å². The van der Waals surface area contributed by atoms with Crippen molar-refractivity contribution in [2.45, 2.75) is 33.6 Å². The van der Waals surface area contributed by atoms with Gasteiger partial charge in [0.25, 0.3) is 5.13 Å². The topological polar surface area (TPSA) is 0 Å². The van der Waals surface area contributed by atoms with Crippen molar-refractivity contribution < 1.29 is 30.7 Å². The molecule has 0 radical (unpaired) electrons. The van der Waals surface area contributed by atoms with E-state index >= 15 is 0 Å². The van der Waals surface area contributed by atoms with Crippen LogP contribution in [0.25, 0.3) is 0 Å². The van der Waals surface area contributed by atoms with Crippen LogP contribution in [0.2, 0.25) is 0 Å². The fourth-order valence-corrected chi connectivity index (χ4v) is 2.56. The summed E-state index contributed by atoms with van der Waals surface area (Å²) in [4.78, 5) is 0. The van der Waals surface area contributed by atoms with Gasteiger partial charge in [0.1, 0.15) is 9.52 Å². The van der Waals surface area contributed by atoms with Crippen LogP contribution in [-0.2, 0) is 0 Å². The number of halogens is 13. The largest absolute Gasteiger partial charge is 0.381 e. The van der Waals surface area contributed by atoms with Crippen LogP contribution < -0.4 is 0 Å². The van der Waals surface area contributed by atoms with E-state index in [1.54, 1.807) is 0 Å². The minimum atomic E-state index is -6.35. The summed E-state index contributed by atoms with van der Waals surface area (Å²) < 4.78 is 90.8. The molecule has 0 aliphatic carbocycles. The molecule has 0 aliphatic heterocycles. The van der Waals surface area contributed by atoms with Crippen LogP contribution in [0.5, 0.6) is 0 Å². The maximum atomic E-state index is 13.6. The molecule has 0 N–H and O–H groups in total. The molecule has 0 bridgehead atoms. The van der Waals surface area contributed by atoms with Crippen LogP contribution in [0.3, 0.4) is 0 Å². The van der Waals surface area contributed by atoms with E-state index in [9.17, 15) is 30.7 Å². The molecule has 2 atom stereocenters. The van der Waals surface area contributed by atoms with Crippen LogP contribution in [0.4, 0.5) is 30.7 Å². The molecule has 0 saturated carbocycles. The van der Waals surface area contributed by atoms with E-state index in [2.05, 4.69) is 27.5 Å². The average molecular weight is 489 g/mol. The molecule has 0 rings (SSSR count). The predicted molar refractivity (Wildman–Crippen MR) is 72.3 cm³/mol. The highest BCUT2D eigenvalue weighted by Crippen LogP contribution is 2.58. The summed E-state index contributed by atoms with van der Waals surface area (Å²) in [5.74, 6) is -18.2. The summed E-state index contributed by atoms with van der Waals surface area (Å²) >= 11 is 26.3. The van der Waals surface area contributed by atoms with Crippen molar-refractivity contribution in [1.82, 2.24) is 0 Å².